The summed E-state index contributed by atoms with van der Waals surface area (Å²) < 4.78 is 24.6. The summed E-state index contributed by atoms with van der Waals surface area (Å²) in [7, 11) is 0. The highest BCUT2D eigenvalue weighted by Crippen LogP contribution is 2.30. The van der Waals surface area contributed by atoms with E-state index in [0.717, 1.165) is 0 Å². The predicted octanol–water partition coefficient (Wildman–Crippen LogP) is 2.82. The lowest BCUT2D eigenvalue weighted by atomic mass is 9.79. The SMILES string of the molecule is CC(C)C1CC=C(C(F)F)CC1N.[HH]. The summed E-state index contributed by atoms with van der Waals surface area (Å²) in [6.45, 7) is 4.18. The fraction of sp³-hybridized carbons (Fsp3) is 0.800. The van der Waals surface area contributed by atoms with Crippen molar-refractivity contribution in [1.29, 1.82) is 0 Å². The molecule has 13 heavy (non-hydrogen) atoms. The summed E-state index contributed by atoms with van der Waals surface area (Å²) in [5.74, 6) is 0.841. The Bertz CT molecular complexity index is 204. The highest BCUT2D eigenvalue weighted by Gasteiger charge is 2.27. The smallest absolute Gasteiger partial charge is 0.259 e. The van der Waals surface area contributed by atoms with Crippen molar-refractivity contribution in [2.75, 3.05) is 0 Å². The number of hydrogen-bond acceptors (Lipinski definition) is 1. The van der Waals surface area contributed by atoms with Crippen LogP contribution in [0.5, 0.6) is 0 Å². The minimum atomic E-state index is -2.32. The molecule has 0 spiro atoms. The third-order valence-electron chi connectivity index (χ3n) is 2.81. The molecule has 2 N–H and O–H groups in total. The van der Waals surface area contributed by atoms with Gasteiger partial charge in [0.25, 0.3) is 6.43 Å². The van der Waals surface area contributed by atoms with Crippen LogP contribution in [0.25, 0.3) is 0 Å². The molecule has 0 amide bonds. The summed E-state index contributed by atoms with van der Waals surface area (Å²) in [6, 6.07) is -0.0889. The van der Waals surface area contributed by atoms with Crippen LogP contribution in [0.1, 0.15) is 28.1 Å². The average Bonchev–Trinajstić information content (AvgIpc) is 2.03. The lowest BCUT2D eigenvalue weighted by Crippen LogP contribution is -2.36. The van der Waals surface area contributed by atoms with E-state index in [1.54, 1.807) is 6.08 Å². The first kappa shape index (κ1) is 10.6. The summed E-state index contributed by atoms with van der Waals surface area (Å²) >= 11 is 0. The Morgan fingerprint density at radius 3 is 2.54 bits per heavy atom. The maximum atomic E-state index is 12.3. The Morgan fingerprint density at radius 1 is 1.54 bits per heavy atom. The summed E-state index contributed by atoms with van der Waals surface area (Å²) in [5.41, 5.74) is 6.06. The van der Waals surface area contributed by atoms with Gasteiger partial charge in [0, 0.05) is 7.47 Å². The Kier molecular flexibility index (Phi) is 3.42. The zero-order valence-corrected chi connectivity index (χ0v) is 8.13. The summed E-state index contributed by atoms with van der Waals surface area (Å²) in [6.07, 6.45) is 0.414. The Labute approximate surface area is 79.5 Å². The molecule has 0 aromatic rings. The zero-order valence-electron chi connectivity index (χ0n) is 8.13. The summed E-state index contributed by atoms with van der Waals surface area (Å²) in [5, 5.41) is 0. The molecule has 2 unspecified atom stereocenters. The van der Waals surface area contributed by atoms with Crippen LogP contribution in [-0.4, -0.2) is 12.5 Å². The molecule has 0 heterocycles. The van der Waals surface area contributed by atoms with Crippen LogP contribution in [0.15, 0.2) is 11.6 Å². The molecule has 1 aliphatic carbocycles. The van der Waals surface area contributed by atoms with Crippen molar-refractivity contribution in [2.24, 2.45) is 17.6 Å². The van der Waals surface area contributed by atoms with E-state index >= 15 is 0 Å². The van der Waals surface area contributed by atoms with Crippen molar-refractivity contribution >= 4 is 0 Å². The van der Waals surface area contributed by atoms with Crippen LogP contribution in [0.2, 0.25) is 0 Å². The van der Waals surface area contributed by atoms with E-state index in [9.17, 15) is 8.78 Å². The van der Waals surface area contributed by atoms with E-state index < -0.39 is 6.43 Å². The van der Waals surface area contributed by atoms with Crippen molar-refractivity contribution in [2.45, 2.75) is 39.2 Å². The maximum absolute atomic E-state index is 12.3. The molecule has 0 bridgehead atoms. The van der Waals surface area contributed by atoms with Crippen LogP contribution < -0.4 is 5.73 Å². The normalized spacial score (nSPS) is 29.6. The number of halogens is 2. The molecule has 0 aromatic heterocycles. The minimum absolute atomic E-state index is 0. The average molecular weight is 191 g/mol. The van der Waals surface area contributed by atoms with E-state index in [2.05, 4.69) is 13.8 Å². The van der Waals surface area contributed by atoms with Gasteiger partial charge < -0.3 is 5.73 Å². The zero-order chi connectivity index (χ0) is 10.0. The van der Waals surface area contributed by atoms with Gasteiger partial charge in [-0.15, -0.1) is 0 Å². The van der Waals surface area contributed by atoms with Gasteiger partial charge in [0.2, 0.25) is 0 Å². The van der Waals surface area contributed by atoms with Crippen molar-refractivity contribution in [3.8, 4) is 0 Å². The lowest BCUT2D eigenvalue weighted by molar-refractivity contribution is 0.171. The molecule has 3 heteroatoms. The fourth-order valence-electron chi connectivity index (χ4n) is 1.91. The highest BCUT2D eigenvalue weighted by atomic mass is 19.3. The van der Waals surface area contributed by atoms with E-state index in [1.165, 1.54) is 0 Å². The van der Waals surface area contributed by atoms with Gasteiger partial charge in [-0.25, -0.2) is 8.78 Å². The molecule has 1 nitrogen and oxygen atoms in total. The molecule has 0 saturated heterocycles. The Balaban J connectivity index is 0.00000169. The first-order chi connectivity index (χ1) is 6.02. The van der Waals surface area contributed by atoms with Gasteiger partial charge in [-0.1, -0.05) is 19.9 Å². The molecule has 0 fully saturated rings. The second-order valence-electron chi connectivity index (χ2n) is 4.09. The van der Waals surface area contributed by atoms with Crippen molar-refractivity contribution in [3.05, 3.63) is 11.6 Å². The van der Waals surface area contributed by atoms with Gasteiger partial charge in [-0.3, -0.25) is 0 Å². The Hall–Kier alpha value is -0.440. The number of alkyl halides is 2. The lowest BCUT2D eigenvalue weighted by Gasteiger charge is -2.31. The molecule has 78 valence electrons. The van der Waals surface area contributed by atoms with Crippen LogP contribution in [0, 0.1) is 11.8 Å². The van der Waals surface area contributed by atoms with Crippen molar-refractivity contribution in [1.82, 2.24) is 0 Å². The third kappa shape index (κ3) is 2.50. The van der Waals surface area contributed by atoms with Gasteiger partial charge in [0.05, 0.1) is 0 Å². The third-order valence-corrected chi connectivity index (χ3v) is 2.81. The largest absolute Gasteiger partial charge is 0.327 e. The second kappa shape index (κ2) is 4.18. The van der Waals surface area contributed by atoms with Crippen LogP contribution in [0.4, 0.5) is 8.78 Å². The van der Waals surface area contributed by atoms with Crippen LogP contribution in [0.3, 0.4) is 0 Å². The minimum Gasteiger partial charge on any atom is -0.327 e. The molecule has 0 radical (unpaired) electrons. The van der Waals surface area contributed by atoms with Crippen LogP contribution in [-0.2, 0) is 0 Å². The molecule has 2 atom stereocenters. The molecule has 0 aliphatic heterocycles. The number of rotatable bonds is 2. The van der Waals surface area contributed by atoms with Gasteiger partial charge in [-0.05, 0) is 30.3 Å². The molecular weight excluding hydrogens is 172 g/mol. The molecule has 1 aliphatic rings. The first-order valence-corrected chi connectivity index (χ1v) is 4.75. The second-order valence-corrected chi connectivity index (χ2v) is 4.09. The van der Waals surface area contributed by atoms with E-state index in [0.29, 0.717) is 24.7 Å². The number of allylic oxidation sites excluding steroid dienone is 1. The fourth-order valence-corrected chi connectivity index (χ4v) is 1.91. The molecule has 0 saturated carbocycles. The molecule has 0 aromatic carbocycles. The van der Waals surface area contributed by atoms with E-state index in [-0.39, 0.29) is 13.0 Å². The monoisotopic (exact) mass is 191 g/mol. The quantitative estimate of drug-likeness (QED) is 0.667. The summed E-state index contributed by atoms with van der Waals surface area (Å²) in [4.78, 5) is 0. The topological polar surface area (TPSA) is 26.0 Å². The van der Waals surface area contributed by atoms with Gasteiger partial charge in [0.1, 0.15) is 0 Å². The highest BCUT2D eigenvalue weighted by molar-refractivity contribution is 5.12. The van der Waals surface area contributed by atoms with Crippen LogP contribution >= 0.6 is 0 Å². The Morgan fingerprint density at radius 2 is 2.15 bits per heavy atom. The van der Waals surface area contributed by atoms with E-state index in [1.807, 2.05) is 0 Å². The predicted molar refractivity (Wildman–Crippen MR) is 51.7 cm³/mol. The van der Waals surface area contributed by atoms with E-state index in [4.69, 9.17) is 5.73 Å². The number of nitrogens with two attached hydrogens (primary N) is 1. The van der Waals surface area contributed by atoms with Crippen molar-refractivity contribution < 1.29 is 10.2 Å². The van der Waals surface area contributed by atoms with Gasteiger partial charge >= 0.3 is 0 Å². The van der Waals surface area contributed by atoms with Gasteiger partial charge in [0.15, 0.2) is 0 Å². The maximum Gasteiger partial charge on any atom is 0.259 e. The standard InChI is InChI=1S/C10H17F2N.H2/c1-6(2)8-4-3-7(10(11)12)5-9(8)13;/h3,6,8-10H,4-5,13H2,1-2H3;1H. The molecule has 1 rings (SSSR count). The van der Waals surface area contributed by atoms with Crippen molar-refractivity contribution in [3.63, 3.8) is 0 Å². The first-order valence-electron chi connectivity index (χ1n) is 4.75. The molecular formula is C10H19F2N. The number of hydrogen-bond donors (Lipinski definition) is 1. The van der Waals surface area contributed by atoms with Gasteiger partial charge in [-0.2, -0.15) is 0 Å².